The molecule has 29 heavy (non-hydrogen) atoms. The van der Waals surface area contributed by atoms with Gasteiger partial charge in [0.25, 0.3) is 15.9 Å². The van der Waals surface area contributed by atoms with Crippen molar-refractivity contribution in [2.24, 2.45) is 7.05 Å². The summed E-state index contributed by atoms with van der Waals surface area (Å²) in [6.07, 6.45) is 1.77. The molecule has 4 rings (SSSR count). The van der Waals surface area contributed by atoms with E-state index in [4.69, 9.17) is 4.74 Å². The molecule has 7 nitrogen and oxygen atoms in total. The summed E-state index contributed by atoms with van der Waals surface area (Å²) in [5, 5.41) is 0. The number of imidazole rings is 1. The Balaban J connectivity index is 1.66. The topological polar surface area (TPSA) is 90.3 Å². The Hall–Kier alpha value is -3.27. The number of benzene rings is 2. The highest BCUT2D eigenvalue weighted by atomic mass is 32.2. The third-order valence-corrected chi connectivity index (χ3v) is 5.84. The Labute approximate surface area is 165 Å². The van der Waals surface area contributed by atoms with Gasteiger partial charge in [0.2, 0.25) is 0 Å². The number of aromatic nitrogens is 2. The minimum atomic E-state index is -4.24. The van der Waals surface area contributed by atoms with E-state index in [0.29, 0.717) is 13.0 Å². The highest BCUT2D eigenvalue weighted by Gasteiger charge is 2.28. The summed E-state index contributed by atoms with van der Waals surface area (Å²) in [7, 11) is -2.80. The molecule has 1 aromatic heterocycles. The van der Waals surface area contributed by atoms with Crippen LogP contribution >= 0.6 is 0 Å². The average molecular weight is 419 g/mol. The summed E-state index contributed by atoms with van der Waals surface area (Å²) in [4.78, 5) is 16.3. The zero-order valence-corrected chi connectivity index (χ0v) is 16.0. The van der Waals surface area contributed by atoms with Gasteiger partial charge in [0.05, 0.1) is 12.2 Å². The minimum Gasteiger partial charge on any atom is -0.492 e. The third kappa shape index (κ3) is 3.35. The highest BCUT2D eigenvalue weighted by Crippen LogP contribution is 2.32. The number of carbonyl (C=O) groups is 1. The number of aryl methyl sites for hydroxylation is 1. The first kappa shape index (κ1) is 19.1. The zero-order chi connectivity index (χ0) is 20.8. The fourth-order valence-electron chi connectivity index (χ4n) is 3.15. The van der Waals surface area contributed by atoms with Crippen LogP contribution in [-0.2, 0) is 23.5 Å². The monoisotopic (exact) mass is 419 g/mol. The Morgan fingerprint density at radius 1 is 1.17 bits per heavy atom. The van der Waals surface area contributed by atoms with Gasteiger partial charge < -0.3 is 9.30 Å². The molecular formula is C19H15F2N3O4S. The molecule has 1 aliphatic rings. The number of amides is 1. The molecule has 0 atom stereocenters. The lowest BCUT2D eigenvalue weighted by Gasteiger charge is -2.09. The smallest absolute Gasteiger partial charge is 0.285 e. The molecular weight excluding hydrogens is 404 g/mol. The summed E-state index contributed by atoms with van der Waals surface area (Å²) < 4.78 is 62.0. The van der Waals surface area contributed by atoms with Gasteiger partial charge >= 0.3 is 0 Å². The number of fused-ring (bicyclic) bond motifs is 1. The molecule has 10 heteroatoms. The first-order valence-electron chi connectivity index (χ1n) is 8.57. The van der Waals surface area contributed by atoms with Crippen molar-refractivity contribution in [1.29, 1.82) is 0 Å². The van der Waals surface area contributed by atoms with Crippen LogP contribution in [0.25, 0.3) is 11.4 Å². The molecule has 0 saturated heterocycles. The number of halogens is 2. The first-order valence-corrected chi connectivity index (χ1v) is 10.1. The number of nitrogens with zero attached hydrogens (tertiary/aromatic N) is 2. The highest BCUT2D eigenvalue weighted by molar-refractivity contribution is 7.90. The van der Waals surface area contributed by atoms with Crippen LogP contribution in [0, 0.1) is 11.6 Å². The van der Waals surface area contributed by atoms with Gasteiger partial charge in [-0.3, -0.25) is 4.79 Å². The van der Waals surface area contributed by atoms with E-state index in [0.717, 1.165) is 17.7 Å². The second kappa shape index (κ2) is 6.96. The molecule has 2 heterocycles. The van der Waals surface area contributed by atoms with Crippen LogP contribution in [0.5, 0.6) is 5.75 Å². The van der Waals surface area contributed by atoms with Crippen molar-refractivity contribution < 1.29 is 26.7 Å². The first-order chi connectivity index (χ1) is 13.8. The quantitative estimate of drug-likeness (QED) is 0.702. The predicted molar refractivity (Wildman–Crippen MR) is 98.9 cm³/mol. The normalized spacial score (nSPS) is 13.1. The van der Waals surface area contributed by atoms with Crippen LogP contribution in [-0.4, -0.2) is 30.5 Å². The Morgan fingerprint density at radius 2 is 1.86 bits per heavy atom. The molecule has 1 aliphatic heterocycles. The van der Waals surface area contributed by atoms with Gasteiger partial charge in [-0.2, -0.15) is 0 Å². The van der Waals surface area contributed by atoms with Gasteiger partial charge in [-0.25, -0.2) is 26.9 Å². The second-order valence-corrected chi connectivity index (χ2v) is 8.09. The van der Waals surface area contributed by atoms with E-state index < -0.39 is 33.1 Å². The molecule has 1 N–H and O–H groups in total. The van der Waals surface area contributed by atoms with Crippen LogP contribution in [0.1, 0.15) is 16.1 Å². The molecule has 0 aliphatic carbocycles. The summed E-state index contributed by atoms with van der Waals surface area (Å²) in [6.45, 7) is 0.355. The molecule has 1 amide bonds. The summed E-state index contributed by atoms with van der Waals surface area (Å²) >= 11 is 0. The predicted octanol–water partition coefficient (Wildman–Crippen LogP) is 2.42. The maximum Gasteiger partial charge on any atom is 0.285 e. The molecule has 0 fully saturated rings. The van der Waals surface area contributed by atoms with Crippen LogP contribution in [0.4, 0.5) is 8.78 Å². The van der Waals surface area contributed by atoms with Crippen molar-refractivity contribution in [3.05, 3.63) is 65.5 Å². The maximum atomic E-state index is 14.0. The molecule has 0 radical (unpaired) electrons. The van der Waals surface area contributed by atoms with Crippen molar-refractivity contribution in [3.8, 4) is 17.1 Å². The SMILES string of the molecule is Cn1cc(C(=O)NS(=O)(=O)c2cccc3c2OCC3)nc1-c1c(F)cccc1F. The molecule has 0 saturated carbocycles. The van der Waals surface area contributed by atoms with Crippen molar-refractivity contribution in [3.63, 3.8) is 0 Å². The summed E-state index contributed by atoms with van der Waals surface area (Å²) in [5.74, 6) is -2.67. The van der Waals surface area contributed by atoms with Gasteiger partial charge in [0.1, 0.15) is 33.8 Å². The number of hydrogen-bond donors (Lipinski definition) is 1. The van der Waals surface area contributed by atoms with E-state index in [-0.39, 0.29) is 22.2 Å². The molecule has 0 spiro atoms. The average Bonchev–Trinajstić information content (AvgIpc) is 3.28. The summed E-state index contributed by atoms with van der Waals surface area (Å²) in [6, 6.07) is 7.97. The van der Waals surface area contributed by atoms with E-state index in [9.17, 15) is 22.0 Å². The lowest BCUT2D eigenvalue weighted by Crippen LogP contribution is -2.31. The largest absolute Gasteiger partial charge is 0.492 e. The lowest BCUT2D eigenvalue weighted by molar-refractivity contribution is 0.0977. The maximum absolute atomic E-state index is 14.0. The van der Waals surface area contributed by atoms with Crippen molar-refractivity contribution in [2.75, 3.05) is 6.61 Å². The van der Waals surface area contributed by atoms with Gasteiger partial charge in [-0.1, -0.05) is 18.2 Å². The number of carbonyl (C=O) groups excluding carboxylic acids is 1. The van der Waals surface area contributed by atoms with Crippen LogP contribution < -0.4 is 9.46 Å². The fourth-order valence-corrected chi connectivity index (χ4v) is 4.30. The summed E-state index contributed by atoms with van der Waals surface area (Å²) in [5.41, 5.74) is 0.0175. The van der Waals surface area contributed by atoms with E-state index in [2.05, 4.69) is 4.98 Å². The van der Waals surface area contributed by atoms with Crippen LogP contribution in [0.15, 0.2) is 47.5 Å². The zero-order valence-electron chi connectivity index (χ0n) is 15.1. The van der Waals surface area contributed by atoms with E-state index in [1.54, 1.807) is 12.1 Å². The number of rotatable bonds is 4. The van der Waals surface area contributed by atoms with E-state index in [1.807, 2.05) is 4.72 Å². The molecule has 0 bridgehead atoms. The fraction of sp³-hybridized carbons (Fsp3) is 0.158. The molecule has 150 valence electrons. The Morgan fingerprint density at radius 3 is 2.59 bits per heavy atom. The minimum absolute atomic E-state index is 0.146. The number of nitrogens with one attached hydrogen (secondary N) is 1. The van der Waals surface area contributed by atoms with Crippen molar-refractivity contribution in [2.45, 2.75) is 11.3 Å². The number of para-hydroxylation sites is 1. The van der Waals surface area contributed by atoms with Gasteiger partial charge in [0.15, 0.2) is 0 Å². The van der Waals surface area contributed by atoms with E-state index in [1.165, 1.54) is 29.9 Å². The molecule has 0 unspecified atom stereocenters. The number of hydrogen-bond acceptors (Lipinski definition) is 5. The standard InChI is InChI=1S/C19H15F2N3O4S/c1-24-10-14(22-18(24)16-12(20)5-3-6-13(16)21)19(25)23-29(26,27)15-7-2-4-11-8-9-28-17(11)15/h2-7,10H,8-9H2,1H3,(H,23,25). The third-order valence-electron chi connectivity index (χ3n) is 4.49. The van der Waals surface area contributed by atoms with Gasteiger partial charge in [-0.15, -0.1) is 0 Å². The van der Waals surface area contributed by atoms with Crippen LogP contribution in [0.3, 0.4) is 0 Å². The van der Waals surface area contributed by atoms with Gasteiger partial charge in [0, 0.05) is 19.7 Å². The lowest BCUT2D eigenvalue weighted by atomic mass is 10.2. The Kier molecular flexibility index (Phi) is 4.58. The van der Waals surface area contributed by atoms with Gasteiger partial charge in [-0.05, 0) is 23.8 Å². The van der Waals surface area contributed by atoms with Crippen molar-refractivity contribution >= 4 is 15.9 Å². The number of ether oxygens (including phenoxy) is 1. The number of sulfonamides is 1. The van der Waals surface area contributed by atoms with Crippen molar-refractivity contribution in [1.82, 2.24) is 14.3 Å². The molecule has 3 aromatic rings. The van der Waals surface area contributed by atoms with E-state index >= 15 is 0 Å². The Bertz CT molecular complexity index is 1220. The van der Waals surface area contributed by atoms with Crippen LogP contribution in [0.2, 0.25) is 0 Å². The molecule has 2 aromatic carbocycles. The second-order valence-electron chi connectivity index (χ2n) is 6.43.